The van der Waals surface area contributed by atoms with Crippen molar-refractivity contribution in [3.63, 3.8) is 0 Å². The molecule has 0 spiro atoms. The van der Waals surface area contributed by atoms with Crippen molar-refractivity contribution in [2.45, 2.75) is 19.9 Å². The van der Waals surface area contributed by atoms with E-state index in [1.807, 2.05) is 30.3 Å². The number of hydrogen-bond donors (Lipinski definition) is 1. The molecule has 0 fully saturated rings. The van der Waals surface area contributed by atoms with E-state index in [1.165, 1.54) is 5.56 Å². The van der Waals surface area contributed by atoms with Crippen LogP contribution >= 0.6 is 0 Å². The van der Waals surface area contributed by atoms with Crippen molar-refractivity contribution in [2.24, 2.45) is 5.92 Å². The second-order valence-electron chi connectivity index (χ2n) is 5.19. The van der Waals surface area contributed by atoms with E-state index in [-0.39, 0.29) is 6.04 Å². The van der Waals surface area contributed by atoms with Crippen LogP contribution in [0.2, 0.25) is 0 Å². The number of nitrogens with one attached hydrogen (secondary N) is 1. The van der Waals surface area contributed by atoms with Crippen LogP contribution < -0.4 is 14.8 Å². The summed E-state index contributed by atoms with van der Waals surface area (Å²) < 4.78 is 10.8. The molecule has 0 amide bonds. The molecule has 2 aromatic rings. The summed E-state index contributed by atoms with van der Waals surface area (Å²) in [6, 6.07) is 12.1. The number of nitrogens with zero attached hydrogens (tertiary/aromatic N) is 1. The number of pyridine rings is 1. The molecule has 3 rings (SSSR count). The minimum atomic E-state index is 0.180. The monoisotopic (exact) mass is 270 g/mol. The van der Waals surface area contributed by atoms with Gasteiger partial charge in [-0.3, -0.25) is 0 Å². The number of fused-ring (bicyclic) bond motifs is 1. The maximum absolute atomic E-state index is 5.45. The molecule has 4 nitrogen and oxygen atoms in total. The first-order valence-corrected chi connectivity index (χ1v) is 6.81. The summed E-state index contributed by atoms with van der Waals surface area (Å²) in [5.41, 5.74) is 1.18. The van der Waals surface area contributed by atoms with E-state index in [0.29, 0.717) is 12.7 Å². The third-order valence-corrected chi connectivity index (χ3v) is 3.39. The largest absolute Gasteiger partial charge is 0.454 e. The Morgan fingerprint density at radius 2 is 1.95 bits per heavy atom. The third-order valence-electron chi connectivity index (χ3n) is 3.39. The lowest BCUT2D eigenvalue weighted by atomic mass is 9.95. The van der Waals surface area contributed by atoms with Gasteiger partial charge < -0.3 is 14.8 Å². The number of hydrogen-bond acceptors (Lipinski definition) is 4. The van der Waals surface area contributed by atoms with Gasteiger partial charge in [-0.25, -0.2) is 4.98 Å². The fourth-order valence-corrected chi connectivity index (χ4v) is 2.35. The summed E-state index contributed by atoms with van der Waals surface area (Å²) in [5, 5.41) is 3.48. The minimum absolute atomic E-state index is 0.180. The molecule has 104 valence electrons. The summed E-state index contributed by atoms with van der Waals surface area (Å²) in [7, 11) is 0. The maximum Gasteiger partial charge on any atom is 0.231 e. The van der Waals surface area contributed by atoms with Crippen molar-refractivity contribution in [2.75, 3.05) is 12.1 Å². The Labute approximate surface area is 118 Å². The van der Waals surface area contributed by atoms with Crippen LogP contribution in [0.3, 0.4) is 0 Å². The molecule has 0 bridgehead atoms. The van der Waals surface area contributed by atoms with Crippen LogP contribution in [0.4, 0.5) is 5.82 Å². The average molecular weight is 270 g/mol. The van der Waals surface area contributed by atoms with E-state index in [1.54, 1.807) is 6.20 Å². The predicted molar refractivity (Wildman–Crippen MR) is 78.0 cm³/mol. The molecular weight excluding hydrogens is 252 g/mol. The van der Waals surface area contributed by atoms with E-state index in [2.05, 4.69) is 30.2 Å². The van der Waals surface area contributed by atoms with E-state index in [9.17, 15) is 0 Å². The molecule has 0 saturated heterocycles. The second-order valence-corrected chi connectivity index (χ2v) is 5.19. The molecule has 0 radical (unpaired) electrons. The van der Waals surface area contributed by atoms with Gasteiger partial charge in [-0.2, -0.15) is 0 Å². The highest BCUT2D eigenvalue weighted by Crippen LogP contribution is 2.36. The highest BCUT2D eigenvalue weighted by atomic mass is 16.7. The summed E-state index contributed by atoms with van der Waals surface area (Å²) in [6.45, 7) is 4.68. The number of rotatable bonds is 4. The molecule has 1 N–H and O–H groups in total. The topological polar surface area (TPSA) is 43.4 Å². The van der Waals surface area contributed by atoms with Crippen LogP contribution in [0.5, 0.6) is 11.5 Å². The van der Waals surface area contributed by atoms with E-state index >= 15 is 0 Å². The van der Waals surface area contributed by atoms with Gasteiger partial charge in [0.2, 0.25) is 6.79 Å². The summed E-state index contributed by atoms with van der Waals surface area (Å²) in [5.74, 6) is 2.94. The number of benzene rings is 1. The summed E-state index contributed by atoms with van der Waals surface area (Å²) in [6.07, 6.45) is 1.79. The van der Waals surface area contributed by atoms with E-state index in [4.69, 9.17) is 9.47 Å². The second kappa shape index (κ2) is 5.41. The first-order chi connectivity index (χ1) is 9.74. The van der Waals surface area contributed by atoms with Crippen molar-refractivity contribution in [1.29, 1.82) is 0 Å². The van der Waals surface area contributed by atoms with Gasteiger partial charge >= 0.3 is 0 Å². The fraction of sp³-hybridized carbons (Fsp3) is 0.312. The van der Waals surface area contributed by atoms with Gasteiger partial charge in [-0.05, 0) is 35.7 Å². The van der Waals surface area contributed by atoms with Gasteiger partial charge in [0.1, 0.15) is 5.82 Å². The van der Waals surface area contributed by atoms with E-state index < -0.39 is 0 Å². The molecule has 0 aliphatic carbocycles. The lowest BCUT2D eigenvalue weighted by Crippen LogP contribution is -2.17. The maximum atomic E-state index is 5.45. The van der Waals surface area contributed by atoms with Gasteiger partial charge in [-0.15, -0.1) is 0 Å². The Morgan fingerprint density at radius 1 is 1.10 bits per heavy atom. The van der Waals surface area contributed by atoms with Gasteiger partial charge in [0, 0.05) is 6.20 Å². The van der Waals surface area contributed by atoms with Gasteiger partial charge in [0.05, 0.1) is 6.04 Å². The minimum Gasteiger partial charge on any atom is -0.454 e. The first kappa shape index (κ1) is 12.8. The summed E-state index contributed by atoms with van der Waals surface area (Å²) in [4.78, 5) is 4.33. The SMILES string of the molecule is CC(C)C(Nc1ccccn1)c1ccc2c(c1)OCO2. The fourth-order valence-electron chi connectivity index (χ4n) is 2.35. The Hall–Kier alpha value is -2.23. The molecule has 1 aromatic heterocycles. The smallest absolute Gasteiger partial charge is 0.231 e. The molecule has 1 aromatic carbocycles. The zero-order valence-electron chi connectivity index (χ0n) is 11.7. The molecule has 0 saturated carbocycles. The zero-order valence-corrected chi connectivity index (χ0v) is 11.7. The Balaban J connectivity index is 1.87. The molecule has 1 unspecified atom stereocenters. The highest BCUT2D eigenvalue weighted by Gasteiger charge is 2.20. The number of ether oxygens (including phenoxy) is 2. The first-order valence-electron chi connectivity index (χ1n) is 6.81. The third kappa shape index (κ3) is 2.54. The van der Waals surface area contributed by atoms with Crippen LogP contribution in [0.25, 0.3) is 0 Å². The van der Waals surface area contributed by atoms with Gasteiger partial charge in [0.15, 0.2) is 11.5 Å². The standard InChI is InChI=1S/C16H18N2O2/c1-11(2)16(18-15-5-3-4-8-17-15)12-6-7-13-14(9-12)20-10-19-13/h3-9,11,16H,10H2,1-2H3,(H,17,18). The Bertz CT molecular complexity index is 584. The molecule has 20 heavy (non-hydrogen) atoms. The number of aromatic nitrogens is 1. The molecular formula is C16H18N2O2. The van der Waals surface area contributed by atoms with Crippen LogP contribution in [-0.2, 0) is 0 Å². The van der Waals surface area contributed by atoms with Crippen LogP contribution in [-0.4, -0.2) is 11.8 Å². The quantitative estimate of drug-likeness (QED) is 0.921. The average Bonchev–Trinajstić information content (AvgIpc) is 2.93. The Morgan fingerprint density at radius 3 is 2.70 bits per heavy atom. The highest BCUT2D eigenvalue weighted by molar-refractivity contribution is 5.47. The van der Waals surface area contributed by atoms with Crippen molar-refractivity contribution in [3.8, 4) is 11.5 Å². The van der Waals surface area contributed by atoms with Crippen molar-refractivity contribution < 1.29 is 9.47 Å². The van der Waals surface area contributed by atoms with E-state index in [0.717, 1.165) is 17.3 Å². The Kier molecular flexibility index (Phi) is 3.46. The summed E-state index contributed by atoms with van der Waals surface area (Å²) >= 11 is 0. The van der Waals surface area contributed by atoms with Crippen LogP contribution in [0.15, 0.2) is 42.6 Å². The molecule has 2 heterocycles. The number of anilines is 1. The van der Waals surface area contributed by atoms with Crippen LogP contribution in [0.1, 0.15) is 25.5 Å². The van der Waals surface area contributed by atoms with Crippen molar-refractivity contribution >= 4 is 5.82 Å². The molecule has 1 aliphatic rings. The normalized spacial score (nSPS) is 14.3. The predicted octanol–water partition coefficient (Wildman–Crippen LogP) is 3.62. The van der Waals surface area contributed by atoms with Crippen LogP contribution in [0, 0.1) is 5.92 Å². The van der Waals surface area contributed by atoms with Crippen molar-refractivity contribution in [1.82, 2.24) is 4.98 Å². The lowest BCUT2D eigenvalue weighted by Gasteiger charge is -2.23. The zero-order chi connectivity index (χ0) is 13.9. The molecule has 1 aliphatic heterocycles. The lowest BCUT2D eigenvalue weighted by molar-refractivity contribution is 0.174. The molecule has 4 heteroatoms. The van der Waals surface area contributed by atoms with Gasteiger partial charge in [-0.1, -0.05) is 26.0 Å². The molecule has 1 atom stereocenters. The van der Waals surface area contributed by atoms with Crippen molar-refractivity contribution in [3.05, 3.63) is 48.2 Å². The van der Waals surface area contributed by atoms with Gasteiger partial charge in [0.25, 0.3) is 0 Å².